The average molecular weight is 284 g/mol. The number of likely N-dealkylation sites (tertiary alicyclic amines) is 1. The monoisotopic (exact) mass is 283 g/mol. The topological polar surface area (TPSA) is 38.1 Å². The number of aromatic nitrogens is 2. The number of halogens is 1. The maximum atomic E-state index is 12.2. The van der Waals surface area contributed by atoms with E-state index < -0.39 is 0 Å². The van der Waals surface area contributed by atoms with Crippen molar-refractivity contribution in [2.75, 3.05) is 19.0 Å². The van der Waals surface area contributed by atoms with Crippen LogP contribution in [0, 0.1) is 5.92 Å². The molecule has 0 spiro atoms. The van der Waals surface area contributed by atoms with Crippen LogP contribution in [-0.2, 0) is 17.8 Å². The van der Waals surface area contributed by atoms with Crippen molar-refractivity contribution >= 4 is 17.5 Å². The second-order valence-electron chi connectivity index (χ2n) is 5.31. The third kappa shape index (κ3) is 3.96. The van der Waals surface area contributed by atoms with Gasteiger partial charge in [-0.1, -0.05) is 6.92 Å². The first kappa shape index (κ1) is 14.4. The van der Waals surface area contributed by atoms with Crippen molar-refractivity contribution in [1.29, 1.82) is 0 Å². The third-order valence-electron chi connectivity index (χ3n) is 3.70. The van der Waals surface area contributed by atoms with Crippen molar-refractivity contribution in [3.8, 4) is 0 Å². The minimum atomic E-state index is 0.256. The Kier molecular flexibility index (Phi) is 5.25. The highest BCUT2D eigenvalue weighted by Crippen LogP contribution is 2.16. The summed E-state index contributed by atoms with van der Waals surface area (Å²) in [6, 6.07) is 0. The lowest BCUT2D eigenvalue weighted by Crippen LogP contribution is -2.39. The van der Waals surface area contributed by atoms with E-state index in [0.717, 1.165) is 31.9 Å². The standard InChI is InChI=1S/C14H22ClN3O/c1-12-3-2-8-18(11-12)14(19)5-4-13-16-7-10-17(13)9-6-15/h7,10,12H,2-6,8-9,11H2,1H3/t12-/m0/s1. The molecule has 0 N–H and O–H groups in total. The van der Waals surface area contributed by atoms with Crippen molar-refractivity contribution < 1.29 is 4.79 Å². The Morgan fingerprint density at radius 2 is 2.42 bits per heavy atom. The minimum Gasteiger partial charge on any atom is -0.342 e. The van der Waals surface area contributed by atoms with Gasteiger partial charge in [-0.2, -0.15) is 0 Å². The molecule has 1 aromatic rings. The number of carbonyl (C=O) groups excluding carboxylic acids is 1. The number of amides is 1. The van der Waals surface area contributed by atoms with Gasteiger partial charge in [0, 0.05) is 50.7 Å². The number of aryl methyl sites for hydroxylation is 2. The van der Waals surface area contributed by atoms with Crippen molar-refractivity contribution in [3.63, 3.8) is 0 Å². The molecule has 2 heterocycles. The van der Waals surface area contributed by atoms with Gasteiger partial charge in [-0.25, -0.2) is 4.98 Å². The van der Waals surface area contributed by atoms with Gasteiger partial charge in [-0.05, 0) is 18.8 Å². The zero-order valence-electron chi connectivity index (χ0n) is 11.5. The van der Waals surface area contributed by atoms with Gasteiger partial charge in [-0.3, -0.25) is 4.79 Å². The van der Waals surface area contributed by atoms with E-state index in [4.69, 9.17) is 11.6 Å². The molecule has 0 aliphatic carbocycles. The number of nitrogens with zero attached hydrogens (tertiary/aromatic N) is 3. The second-order valence-corrected chi connectivity index (χ2v) is 5.69. The maximum Gasteiger partial charge on any atom is 0.223 e. The largest absolute Gasteiger partial charge is 0.342 e. The molecule has 1 saturated heterocycles. The van der Waals surface area contributed by atoms with Crippen LogP contribution < -0.4 is 0 Å². The fourth-order valence-electron chi connectivity index (χ4n) is 2.66. The number of hydrogen-bond acceptors (Lipinski definition) is 2. The molecule has 2 rings (SSSR count). The van der Waals surface area contributed by atoms with Gasteiger partial charge < -0.3 is 9.47 Å². The van der Waals surface area contributed by atoms with Crippen molar-refractivity contribution in [1.82, 2.24) is 14.5 Å². The molecule has 0 saturated carbocycles. The predicted molar refractivity (Wildman–Crippen MR) is 76.2 cm³/mol. The van der Waals surface area contributed by atoms with Crippen LogP contribution in [0.1, 0.15) is 32.0 Å². The van der Waals surface area contributed by atoms with E-state index in [1.165, 1.54) is 6.42 Å². The summed E-state index contributed by atoms with van der Waals surface area (Å²) in [6.07, 6.45) is 7.32. The lowest BCUT2D eigenvalue weighted by atomic mass is 10.00. The van der Waals surface area contributed by atoms with Gasteiger partial charge >= 0.3 is 0 Å². The maximum absolute atomic E-state index is 12.2. The summed E-state index contributed by atoms with van der Waals surface area (Å²) in [7, 11) is 0. The molecule has 1 fully saturated rings. The van der Waals surface area contributed by atoms with Crippen LogP contribution in [0.5, 0.6) is 0 Å². The molecule has 106 valence electrons. The van der Waals surface area contributed by atoms with Crippen molar-refractivity contribution in [2.45, 2.75) is 39.2 Å². The fourth-order valence-corrected chi connectivity index (χ4v) is 2.84. The molecule has 1 amide bonds. The van der Waals surface area contributed by atoms with Crippen LogP contribution >= 0.6 is 11.6 Å². The fraction of sp³-hybridized carbons (Fsp3) is 0.714. The first-order valence-electron chi connectivity index (χ1n) is 7.04. The quantitative estimate of drug-likeness (QED) is 0.778. The molecule has 4 nitrogen and oxygen atoms in total. The summed E-state index contributed by atoms with van der Waals surface area (Å²) >= 11 is 5.74. The number of alkyl halides is 1. The van der Waals surface area contributed by atoms with Gasteiger partial charge in [0.2, 0.25) is 5.91 Å². The molecule has 1 atom stereocenters. The number of carbonyl (C=O) groups is 1. The highest BCUT2D eigenvalue weighted by atomic mass is 35.5. The summed E-state index contributed by atoms with van der Waals surface area (Å²) in [5.74, 6) is 2.42. The zero-order chi connectivity index (χ0) is 13.7. The van der Waals surface area contributed by atoms with E-state index >= 15 is 0 Å². The highest BCUT2D eigenvalue weighted by molar-refractivity contribution is 6.17. The van der Waals surface area contributed by atoms with Crippen LogP contribution in [0.25, 0.3) is 0 Å². The summed E-state index contributed by atoms with van der Waals surface area (Å²) < 4.78 is 2.03. The first-order chi connectivity index (χ1) is 9.20. The summed E-state index contributed by atoms with van der Waals surface area (Å²) in [5.41, 5.74) is 0. The smallest absolute Gasteiger partial charge is 0.223 e. The highest BCUT2D eigenvalue weighted by Gasteiger charge is 2.20. The van der Waals surface area contributed by atoms with E-state index in [9.17, 15) is 4.79 Å². The van der Waals surface area contributed by atoms with Crippen LogP contribution in [0.4, 0.5) is 0 Å². The van der Waals surface area contributed by atoms with E-state index in [1.54, 1.807) is 6.20 Å². The van der Waals surface area contributed by atoms with E-state index in [1.807, 2.05) is 15.7 Å². The average Bonchev–Trinajstić information content (AvgIpc) is 2.84. The van der Waals surface area contributed by atoms with Crippen LogP contribution in [0.3, 0.4) is 0 Å². The van der Waals surface area contributed by atoms with Gasteiger partial charge in [0.25, 0.3) is 0 Å². The Balaban J connectivity index is 1.84. The van der Waals surface area contributed by atoms with Crippen LogP contribution in [0.2, 0.25) is 0 Å². The third-order valence-corrected chi connectivity index (χ3v) is 3.87. The SMILES string of the molecule is C[C@H]1CCCN(C(=O)CCc2nccn2CCCl)C1. The Bertz CT molecular complexity index is 419. The molecule has 1 aliphatic heterocycles. The van der Waals surface area contributed by atoms with E-state index in [0.29, 0.717) is 24.6 Å². The van der Waals surface area contributed by atoms with Crippen molar-refractivity contribution in [2.24, 2.45) is 5.92 Å². The Morgan fingerprint density at radius 3 is 3.16 bits per heavy atom. The molecule has 1 aromatic heterocycles. The summed E-state index contributed by atoms with van der Waals surface area (Å²) in [5, 5.41) is 0. The van der Waals surface area contributed by atoms with Crippen molar-refractivity contribution in [3.05, 3.63) is 18.2 Å². The molecule has 0 bridgehead atoms. The Morgan fingerprint density at radius 1 is 1.58 bits per heavy atom. The summed E-state index contributed by atoms with van der Waals surface area (Å²) in [4.78, 5) is 18.5. The van der Waals surface area contributed by atoms with Gasteiger partial charge in [0.1, 0.15) is 5.82 Å². The lowest BCUT2D eigenvalue weighted by Gasteiger charge is -2.31. The normalized spacial score (nSPS) is 19.7. The molecule has 19 heavy (non-hydrogen) atoms. The predicted octanol–water partition coefficient (Wildman–Crippen LogP) is 2.31. The molecule has 0 unspecified atom stereocenters. The molecular weight excluding hydrogens is 262 g/mol. The van der Waals surface area contributed by atoms with Gasteiger partial charge in [0.15, 0.2) is 0 Å². The first-order valence-corrected chi connectivity index (χ1v) is 7.58. The number of rotatable bonds is 5. The molecular formula is C14H22ClN3O. The summed E-state index contributed by atoms with van der Waals surface area (Å²) in [6.45, 7) is 4.80. The van der Waals surface area contributed by atoms with E-state index in [-0.39, 0.29) is 5.91 Å². The molecule has 0 aromatic carbocycles. The minimum absolute atomic E-state index is 0.256. The van der Waals surface area contributed by atoms with E-state index in [2.05, 4.69) is 11.9 Å². The number of piperidine rings is 1. The Labute approximate surface area is 119 Å². The molecule has 0 radical (unpaired) electrons. The molecule has 5 heteroatoms. The second kappa shape index (κ2) is 6.94. The zero-order valence-corrected chi connectivity index (χ0v) is 12.3. The number of imidazole rings is 1. The van der Waals surface area contributed by atoms with Gasteiger partial charge in [0.05, 0.1) is 0 Å². The molecule has 1 aliphatic rings. The lowest BCUT2D eigenvalue weighted by molar-refractivity contribution is -0.132. The van der Waals surface area contributed by atoms with Gasteiger partial charge in [-0.15, -0.1) is 11.6 Å². The van der Waals surface area contributed by atoms with Crippen LogP contribution in [0.15, 0.2) is 12.4 Å². The van der Waals surface area contributed by atoms with Crippen LogP contribution in [-0.4, -0.2) is 39.3 Å². The number of hydrogen-bond donors (Lipinski definition) is 0. The Hall–Kier alpha value is -1.03.